The Morgan fingerprint density at radius 2 is 1.89 bits per heavy atom. The molecule has 1 heterocycles. The van der Waals surface area contributed by atoms with Crippen molar-refractivity contribution < 1.29 is 17.9 Å². The first-order valence-electron chi connectivity index (χ1n) is 9.06. The van der Waals surface area contributed by atoms with Crippen molar-refractivity contribution in [1.29, 1.82) is 0 Å². The van der Waals surface area contributed by atoms with E-state index in [1.54, 1.807) is 42.5 Å². The number of amides is 1. The first-order valence-corrected chi connectivity index (χ1v) is 10.9. The Balaban J connectivity index is 1.88. The van der Waals surface area contributed by atoms with E-state index in [0.717, 1.165) is 18.4 Å². The lowest BCUT2D eigenvalue weighted by Crippen LogP contribution is -2.49. The summed E-state index contributed by atoms with van der Waals surface area (Å²) in [6.45, 7) is 2.20. The molecule has 150 valence electrons. The number of nitrogens with one attached hydrogen (secondary N) is 1. The number of benzene rings is 2. The fourth-order valence-corrected chi connectivity index (χ4v) is 5.12. The van der Waals surface area contributed by atoms with Crippen LogP contribution < -0.4 is 10.1 Å². The fraction of sp³-hybridized carbons (Fsp3) is 0.350. The molecule has 1 aliphatic heterocycles. The van der Waals surface area contributed by atoms with Gasteiger partial charge in [-0.1, -0.05) is 35.7 Å². The molecule has 0 bridgehead atoms. The Kier molecular flexibility index (Phi) is 6.27. The number of aryl methyl sites for hydroxylation is 1. The van der Waals surface area contributed by atoms with Gasteiger partial charge in [-0.3, -0.25) is 4.79 Å². The standard InChI is InChI=1S/C20H23ClN2O4S/c1-14-6-9-16(10-7-14)28(25,26)23-12-4-3-5-18(23)20(24)22-17-13-15(21)8-11-19(17)27-2/h6-11,13,18H,3-5,12H2,1-2H3,(H,22,24)/t18-/m0/s1. The molecule has 0 radical (unpaired) electrons. The molecule has 6 nitrogen and oxygen atoms in total. The van der Waals surface area contributed by atoms with Gasteiger partial charge < -0.3 is 10.1 Å². The Morgan fingerprint density at radius 3 is 2.57 bits per heavy atom. The number of carbonyl (C=O) groups excluding carboxylic acids is 1. The molecule has 2 aromatic rings. The second-order valence-corrected chi connectivity index (χ2v) is 9.10. The summed E-state index contributed by atoms with van der Waals surface area (Å²) in [6, 6.07) is 10.8. The minimum Gasteiger partial charge on any atom is -0.495 e. The van der Waals surface area contributed by atoms with Gasteiger partial charge in [0.1, 0.15) is 11.8 Å². The van der Waals surface area contributed by atoms with Crippen molar-refractivity contribution in [1.82, 2.24) is 4.31 Å². The van der Waals surface area contributed by atoms with Crippen molar-refractivity contribution in [3.05, 3.63) is 53.1 Å². The third-order valence-corrected chi connectivity index (χ3v) is 6.96. The molecule has 1 atom stereocenters. The molecule has 3 rings (SSSR count). The fourth-order valence-electron chi connectivity index (χ4n) is 3.29. The first kappa shape index (κ1) is 20.6. The summed E-state index contributed by atoms with van der Waals surface area (Å²) in [5, 5.41) is 3.23. The van der Waals surface area contributed by atoms with Crippen molar-refractivity contribution >= 4 is 33.2 Å². The highest BCUT2D eigenvalue weighted by Gasteiger charge is 2.37. The molecule has 8 heteroatoms. The zero-order chi connectivity index (χ0) is 20.3. The summed E-state index contributed by atoms with van der Waals surface area (Å²) in [4.78, 5) is 13.2. The summed E-state index contributed by atoms with van der Waals surface area (Å²) in [5.41, 5.74) is 1.39. The van der Waals surface area contributed by atoms with Gasteiger partial charge in [-0.2, -0.15) is 4.31 Å². The van der Waals surface area contributed by atoms with Crippen LogP contribution in [0.25, 0.3) is 0 Å². The second-order valence-electron chi connectivity index (χ2n) is 6.77. The Bertz CT molecular complexity index is 961. The number of sulfonamides is 1. The van der Waals surface area contributed by atoms with Crippen molar-refractivity contribution in [2.75, 3.05) is 19.0 Å². The van der Waals surface area contributed by atoms with Crippen LogP contribution in [0.2, 0.25) is 5.02 Å². The summed E-state index contributed by atoms with van der Waals surface area (Å²) in [5.74, 6) is 0.0671. The number of anilines is 1. The van der Waals surface area contributed by atoms with E-state index >= 15 is 0 Å². The zero-order valence-electron chi connectivity index (χ0n) is 15.8. The highest BCUT2D eigenvalue weighted by atomic mass is 35.5. The molecular formula is C20H23ClN2O4S. The van der Waals surface area contributed by atoms with E-state index in [4.69, 9.17) is 16.3 Å². The lowest BCUT2D eigenvalue weighted by Gasteiger charge is -2.33. The summed E-state index contributed by atoms with van der Waals surface area (Å²) in [7, 11) is -2.28. The smallest absolute Gasteiger partial charge is 0.243 e. The van der Waals surface area contributed by atoms with Crippen molar-refractivity contribution in [3.8, 4) is 5.75 Å². The molecule has 0 saturated carbocycles. The Morgan fingerprint density at radius 1 is 1.18 bits per heavy atom. The van der Waals surface area contributed by atoms with Crippen LogP contribution >= 0.6 is 11.6 Å². The Hall–Kier alpha value is -2.09. The normalized spacial score (nSPS) is 17.9. The lowest BCUT2D eigenvalue weighted by atomic mass is 10.0. The maximum atomic E-state index is 13.1. The zero-order valence-corrected chi connectivity index (χ0v) is 17.4. The lowest BCUT2D eigenvalue weighted by molar-refractivity contribution is -0.120. The molecular weight excluding hydrogens is 400 g/mol. The van der Waals surface area contributed by atoms with Gasteiger partial charge in [-0.15, -0.1) is 0 Å². The van der Waals surface area contributed by atoms with Gasteiger partial charge in [0.15, 0.2) is 0 Å². The average molecular weight is 423 g/mol. The number of piperidine rings is 1. The maximum Gasteiger partial charge on any atom is 0.243 e. The van der Waals surface area contributed by atoms with Gasteiger partial charge in [0, 0.05) is 11.6 Å². The van der Waals surface area contributed by atoms with Crippen LogP contribution in [0.1, 0.15) is 24.8 Å². The molecule has 1 amide bonds. The van der Waals surface area contributed by atoms with Crippen LogP contribution in [0, 0.1) is 6.92 Å². The van der Waals surface area contributed by atoms with Crippen LogP contribution in [-0.4, -0.2) is 38.3 Å². The topological polar surface area (TPSA) is 75.7 Å². The number of hydrogen-bond donors (Lipinski definition) is 1. The predicted molar refractivity (Wildman–Crippen MR) is 109 cm³/mol. The molecule has 1 N–H and O–H groups in total. The quantitative estimate of drug-likeness (QED) is 0.794. The number of rotatable bonds is 5. The van der Waals surface area contributed by atoms with Gasteiger partial charge in [0.05, 0.1) is 17.7 Å². The molecule has 28 heavy (non-hydrogen) atoms. The molecule has 1 fully saturated rings. The first-order chi connectivity index (χ1) is 13.3. The van der Waals surface area contributed by atoms with Gasteiger partial charge in [-0.25, -0.2) is 8.42 Å². The molecule has 0 aliphatic carbocycles. The van der Waals surface area contributed by atoms with E-state index < -0.39 is 22.0 Å². The predicted octanol–water partition coefficient (Wildman–Crippen LogP) is 3.84. The number of hydrogen-bond acceptors (Lipinski definition) is 4. The Labute approximate surface area is 170 Å². The average Bonchev–Trinajstić information content (AvgIpc) is 2.68. The number of methoxy groups -OCH3 is 1. The SMILES string of the molecule is COc1ccc(Cl)cc1NC(=O)[C@@H]1CCCCN1S(=O)(=O)c1ccc(C)cc1. The van der Waals surface area contributed by atoms with E-state index in [1.807, 2.05) is 6.92 Å². The van der Waals surface area contributed by atoms with Crippen LogP contribution in [-0.2, 0) is 14.8 Å². The molecule has 1 aliphatic rings. The largest absolute Gasteiger partial charge is 0.495 e. The summed E-state index contributed by atoms with van der Waals surface area (Å²) in [6.07, 6.45) is 1.96. The number of halogens is 1. The third kappa shape index (κ3) is 4.32. The van der Waals surface area contributed by atoms with Crippen molar-refractivity contribution in [2.24, 2.45) is 0 Å². The highest BCUT2D eigenvalue weighted by Crippen LogP contribution is 2.30. The second kappa shape index (κ2) is 8.51. The van der Waals surface area contributed by atoms with E-state index in [9.17, 15) is 13.2 Å². The van der Waals surface area contributed by atoms with Crippen LogP contribution in [0.3, 0.4) is 0 Å². The number of nitrogens with zero attached hydrogens (tertiary/aromatic N) is 1. The van der Waals surface area contributed by atoms with Gasteiger partial charge in [-0.05, 0) is 50.1 Å². The van der Waals surface area contributed by atoms with Gasteiger partial charge in [0.2, 0.25) is 15.9 Å². The van der Waals surface area contributed by atoms with Crippen molar-refractivity contribution in [2.45, 2.75) is 37.1 Å². The summed E-state index contributed by atoms with van der Waals surface area (Å²) >= 11 is 6.02. The van der Waals surface area contributed by atoms with Crippen molar-refractivity contribution in [3.63, 3.8) is 0 Å². The highest BCUT2D eigenvalue weighted by molar-refractivity contribution is 7.89. The van der Waals surface area contributed by atoms with E-state index in [-0.39, 0.29) is 4.90 Å². The van der Waals surface area contributed by atoms with Gasteiger partial charge >= 0.3 is 0 Å². The molecule has 0 aromatic heterocycles. The molecule has 0 spiro atoms. The van der Waals surface area contributed by atoms with Crippen LogP contribution in [0.4, 0.5) is 5.69 Å². The number of carbonyl (C=O) groups is 1. The maximum absolute atomic E-state index is 13.1. The van der Waals surface area contributed by atoms with Crippen LogP contribution in [0.5, 0.6) is 5.75 Å². The third-order valence-electron chi connectivity index (χ3n) is 4.80. The molecule has 2 aromatic carbocycles. The van der Waals surface area contributed by atoms with Gasteiger partial charge in [0.25, 0.3) is 0 Å². The molecule has 1 saturated heterocycles. The van der Waals surface area contributed by atoms with E-state index in [0.29, 0.717) is 29.4 Å². The van der Waals surface area contributed by atoms with E-state index in [1.165, 1.54) is 11.4 Å². The van der Waals surface area contributed by atoms with Crippen LogP contribution in [0.15, 0.2) is 47.4 Å². The van der Waals surface area contributed by atoms with E-state index in [2.05, 4.69) is 5.32 Å². The monoisotopic (exact) mass is 422 g/mol. The number of ether oxygens (including phenoxy) is 1. The molecule has 0 unspecified atom stereocenters. The summed E-state index contributed by atoms with van der Waals surface area (Å²) < 4.78 is 32.8. The minimum atomic E-state index is -3.77. The minimum absolute atomic E-state index is 0.193.